The summed E-state index contributed by atoms with van der Waals surface area (Å²) >= 11 is 0. The van der Waals surface area contributed by atoms with Crippen LogP contribution in [0, 0.1) is 0 Å². The SMILES string of the molecule is c1ccc(-c2ccc(N(c3ccc(-c4ccccc4-c4ccccc4)cc3)c3ccc4oc5ccccc5c4n3)cc2)cc1. The van der Waals surface area contributed by atoms with Gasteiger partial charge in [0.2, 0.25) is 0 Å². The van der Waals surface area contributed by atoms with E-state index in [1.807, 2.05) is 36.4 Å². The van der Waals surface area contributed by atoms with Gasteiger partial charge >= 0.3 is 0 Å². The van der Waals surface area contributed by atoms with E-state index in [-0.39, 0.29) is 0 Å². The Hall–Kier alpha value is -5.93. The molecule has 8 rings (SSSR count). The highest BCUT2D eigenvalue weighted by molar-refractivity contribution is 6.03. The first kappa shape index (κ1) is 25.8. The smallest absolute Gasteiger partial charge is 0.154 e. The second kappa shape index (κ2) is 11.0. The van der Waals surface area contributed by atoms with Crippen molar-refractivity contribution >= 4 is 39.3 Å². The van der Waals surface area contributed by atoms with Crippen LogP contribution >= 0.6 is 0 Å². The van der Waals surface area contributed by atoms with Crippen LogP contribution in [0.25, 0.3) is 55.4 Å². The maximum absolute atomic E-state index is 6.09. The molecule has 0 radical (unpaired) electrons. The zero-order valence-electron chi connectivity index (χ0n) is 24.0. The third-order valence-corrected chi connectivity index (χ3v) is 8.12. The van der Waals surface area contributed by atoms with Crippen LogP contribution in [-0.4, -0.2) is 4.98 Å². The molecule has 0 aliphatic carbocycles. The van der Waals surface area contributed by atoms with Gasteiger partial charge in [0.05, 0.1) is 0 Å². The van der Waals surface area contributed by atoms with Crippen LogP contribution in [0.2, 0.25) is 0 Å². The lowest BCUT2D eigenvalue weighted by atomic mass is 9.94. The molecule has 0 aliphatic heterocycles. The maximum Gasteiger partial charge on any atom is 0.154 e. The molecular weight excluding hydrogens is 536 g/mol. The Balaban J connectivity index is 1.24. The van der Waals surface area contributed by atoms with Crippen LogP contribution in [0.3, 0.4) is 0 Å². The molecule has 0 bridgehead atoms. The van der Waals surface area contributed by atoms with Crippen molar-refractivity contribution < 1.29 is 4.42 Å². The minimum Gasteiger partial charge on any atom is -0.454 e. The molecule has 44 heavy (non-hydrogen) atoms. The highest BCUT2D eigenvalue weighted by Gasteiger charge is 2.17. The van der Waals surface area contributed by atoms with Crippen molar-refractivity contribution in [2.75, 3.05) is 4.90 Å². The van der Waals surface area contributed by atoms with Gasteiger partial charge in [-0.1, -0.05) is 121 Å². The normalized spacial score (nSPS) is 11.2. The van der Waals surface area contributed by atoms with Crippen LogP contribution in [0.1, 0.15) is 0 Å². The first-order valence-electron chi connectivity index (χ1n) is 14.8. The largest absolute Gasteiger partial charge is 0.454 e. The van der Waals surface area contributed by atoms with Gasteiger partial charge < -0.3 is 4.42 Å². The van der Waals surface area contributed by atoms with Crippen molar-refractivity contribution in [2.45, 2.75) is 0 Å². The molecule has 0 spiro atoms. The number of hydrogen-bond donors (Lipinski definition) is 0. The third kappa shape index (κ3) is 4.71. The van der Waals surface area contributed by atoms with E-state index in [0.29, 0.717) is 0 Å². The molecule has 2 aromatic heterocycles. The second-order valence-corrected chi connectivity index (χ2v) is 10.8. The Morgan fingerprint density at radius 2 is 0.886 bits per heavy atom. The van der Waals surface area contributed by atoms with Crippen molar-refractivity contribution in [1.29, 1.82) is 0 Å². The molecule has 6 aromatic carbocycles. The average molecular weight is 565 g/mol. The van der Waals surface area contributed by atoms with Crippen LogP contribution in [0.15, 0.2) is 174 Å². The van der Waals surface area contributed by atoms with E-state index in [2.05, 4.69) is 138 Å². The second-order valence-electron chi connectivity index (χ2n) is 10.8. The zero-order chi connectivity index (χ0) is 29.3. The summed E-state index contributed by atoms with van der Waals surface area (Å²) in [4.78, 5) is 7.37. The summed E-state index contributed by atoms with van der Waals surface area (Å²) < 4.78 is 6.09. The lowest BCUT2D eigenvalue weighted by Crippen LogP contribution is -2.11. The first-order valence-corrected chi connectivity index (χ1v) is 14.8. The van der Waals surface area contributed by atoms with Gasteiger partial charge in [-0.2, -0.15) is 0 Å². The van der Waals surface area contributed by atoms with Crippen LogP contribution < -0.4 is 4.90 Å². The fourth-order valence-corrected chi connectivity index (χ4v) is 5.95. The number of anilines is 3. The molecule has 3 nitrogen and oxygen atoms in total. The fraction of sp³-hybridized carbons (Fsp3) is 0. The Labute approximate surface area is 256 Å². The summed E-state index contributed by atoms with van der Waals surface area (Å²) in [5.74, 6) is 0.828. The van der Waals surface area contributed by atoms with Gasteiger partial charge in [-0.25, -0.2) is 4.98 Å². The summed E-state index contributed by atoms with van der Waals surface area (Å²) in [6, 6.07) is 59.2. The molecular formula is C41H28N2O. The Morgan fingerprint density at radius 3 is 1.55 bits per heavy atom. The molecule has 0 amide bonds. The standard InChI is InChI=1S/C41H28N2O/c1-3-11-29(12-4-1)30-19-23-33(24-20-30)43(40-28-27-39-41(42-40)37-17-9-10-18-38(37)44-39)34-25-21-32(22-26-34)36-16-8-7-15-35(36)31-13-5-2-6-14-31/h1-28H. The average Bonchev–Trinajstić information content (AvgIpc) is 3.48. The van der Waals surface area contributed by atoms with Crippen LogP contribution in [-0.2, 0) is 0 Å². The Morgan fingerprint density at radius 1 is 0.386 bits per heavy atom. The van der Waals surface area contributed by atoms with E-state index < -0.39 is 0 Å². The molecule has 8 aromatic rings. The van der Waals surface area contributed by atoms with Gasteiger partial charge in [0.15, 0.2) is 5.58 Å². The van der Waals surface area contributed by atoms with Gasteiger partial charge in [-0.15, -0.1) is 0 Å². The minimum absolute atomic E-state index is 0.780. The molecule has 0 fully saturated rings. The van der Waals surface area contributed by atoms with Gasteiger partial charge in [-0.3, -0.25) is 4.90 Å². The number of para-hydroxylation sites is 1. The van der Waals surface area contributed by atoms with Gasteiger partial charge in [0, 0.05) is 16.8 Å². The highest BCUT2D eigenvalue weighted by atomic mass is 16.3. The molecule has 0 atom stereocenters. The van der Waals surface area contributed by atoms with Crippen molar-refractivity contribution in [1.82, 2.24) is 4.98 Å². The lowest BCUT2D eigenvalue weighted by Gasteiger charge is -2.25. The number of aromatic nitrogens is 1. The quantitative estimate of drug-likeness (QED) is 0.201. The third-order valence-electron chi connectivity index (χ3n) is 8.12. The summed E-state index contributed by atoms with van der Waals surface area (Å²) in [5.41, 5.74) is 11.7. The number of rotatable bonds is 6. The molecule has 3 heteroatoms. The number of benzene rings is 6. The minimum atomic E-state index is 0.780. The molecule has 0 unspecified atom stereocenters. The summed E-state index contributed by atoms with van der Waals surface area (Å²) in [5, 5.41) is 1.01. The summed E-state index contributed by atoms with van der Waals surface area (Å²) in [6.07, 6.45) is 0. The predicted molar refractivity (Wildman–Crippen MR) is 183 cm³/mol. The van der Waals surface area contributed by atoms with E-state index >= 15 is 0 Å². The predicted octanol–water partition coefficient (Wildman–Crippen LogP) is 11.5. The molecule has 2 heterocycles. The van der Waals surface area contributed by atoms with E-state index in [9.17, 15) is 0 Å². The number of furan rings is 1. The van der Waals surface area contributed by atoms with E-state index in [1.54, 1.807) is 0 Å². The number of hydrogen-bond acceptors (Lipinski definition) is 3. The van der Waals surface area contributed by atoms with Crippen LogP contribution in [0.4, 0.5) is 17.2 Å². The van der Waals surface area contributed by atoms with Gasteiger partial charge in [-0.05, 0) is 81.9 Å². The lowest BCUT2D eigenvalue weighted by molar-refractivity contribution is 0.668. The molecule has 0 saturated carbocycles. The first-order chi connectivity index (χ1) is 21.8. The van der Waals surface area contributed by atoms with E-state index in [0.717, 1.165) is 44.8 Å². The molecule has 208 valence electrons. The molecule has 0 N–H and O–H groups in total. The number of nitrogens with zero attached hydrogens (tertiary/aromatic N) is 2. The summed E-state index contributed by atoms with van der Waals surface area (Å²) in [6.45, 7) is 0. The Kier molecular flexibility index (Phi) is 6.47. The number of fused-ring (bicyclic) bond motifs is 3. The topological polar surface area (TPSA) is 29.3 Å². The van der Waals surface area contributed by atoms with Crippen molar-refractivity contribution in [3.05, 3.63) is 170 Å². The van der Waals surface area contributed by atoms with Crippen molar-refractivity contribution in [2.24, 2.45) is 0 Å². The van der Waals surface area contributed by atoms with Gasteiger partial charge in [0.25, 0.3) is 0 Å². The monoisotopic (exact) mass is 564 g/mol. The maximum atomic E-state index is 6.09. The van der Waals surface area contributed by atoms with Crippen molar-refractivity contribution in [3.63, 3.8) is 0 Å². The summed E-state index contributed by atoms with van der Waals surface area (Å²) in [7, 11) is 0. The van der Waals surface area contributed by atoms with Crippen molar-refractivity contribution in [3.8, 4) is 33.4 Å². The fourth-order valence-electron chi connectivity index (χ4n) is 5.95. The van der Waals surface area contributed by atoms with E-state index in [4.69, 9.17) is 9.40 Å². The Bertz CT molecular complexity index is 2200. The zero-order valence-corrected chi connectivity index (χ0v) is 24.0. The number of pyridine rings is 1. The highest BCUT2D eigenvalue weighted by Crippen LogP contribution is 2.39. The molecule has 0 aliphatic rings. The van der Waals surface area contributed by atoms with Gasteiger partial charge in [0.1, 0.15) is 16.9 Å². The molecule has 0 saturated heterocycles. The van der Waals surface area contributed by atoms with E-state index in [1.165, 1.54) is 27.8 Å². The van der Waals surface area contributed by atoms with Crippen LogP contribution in [0.5, 0.6) is 0 Å².